The van der Waals surface area contributed by atoms with Gasteiger partial charge in [-0.15, -0.1) is 0 Å². The van der Waals surface area contributed by atoms with E-state index in [0.717, 1.165) is 5.03 Å². The number of anilines is 1. The minimum atomic E-state index is -0.257. The van der Waals surface area contributed by atoms with Gasteiger partial charge in [0.25, 0.3) is 0 Å². The highest BCUT2D eigenvalue weighted by molar-refractivity contribution is 8.00. The van der Waals surface area contributed by atoms with Gasteiger partial charge in [-0.2, -0.15) is 0 Å². The number of ketones is 1. The first-order chi connectivity index (χ1) is 10.1. The van der Waals surface area contributed by atoms with Gasteiger partial charge in [-0.1, -0.05) is 17.8 Å². The summed E-state index contributed by atoms with van der Waals surface area (Å²) in [5.74, 6) is -0.0896. The number of Topliss-reactive ketones (excluding diaryl/α,β-unsaturated/α-hetero) is 1. The smallest absolute Gasteiger partial charge is 0.237 e. The van der Waals surface area contributed by atoms with Gasteiger partial charge in [-0.05, 0) is 50.2 Å². The van der Waals surface area contributed by atoms with E-state index in [1.54, 1.807) is 30.5 Å². The SMILES string of the molecule is CC(=O)c1ccc(NC(=O)[C@@H](C)Sc2ccccn2)cc1. The van der Waals surface area contributed by atoms with Gasteiger partial charge in [0.1, 0.15) is 0 Å². The van der Waals surface area contributed by atoms with Crippen molar-refractivity contribution in [3.63, 3.8) is 0 Å². The second kappa shape index (κ2) is 7.04. The molecule has 0 bridgehead atoms. The summed E-state index contributed by atoms with van der Waals surface area (Å²) in [6.07, 6.45) is 1.70. The van der Waals surface area contributed by atoms with E-state index in [0.29, 0.717) is 11.3 Å². The van der Waals surface area contributed by atoms with E-state index in [1.807, 2.05) is 25.1 Å². The molecule has 1 heterocycles. The van der Waals surface area contributed by atoms with Gasteiger partial charge in [0.05, 0.1) is 10.3 Å². The fraction of sp³-hybridized carbons (Fsp3) is 0.188. The Hall–Kier alpha value is -2.14. The van der Waals surface area contributed by atoms with Crippen LogP contribution in [0.3, 0.4) is 0 Å². The molecule has 4 nitrogen and oxygen atoms in total. The van der Waals surface area contributed by atoms with Crippen LogP contribution in [-0.4, -0.2) is 21.9 Å². The number of pyridine rings is 1. The Balaban J connectivity index is 1.95. The highest BCUT2D eigenvalue weighted by Gasteiger charge is 2.15. The molecule has 5 heteroatoms. The number of carbonyl (C=O) groups excluding carboxylic acids is 2. The summed E-state index contributed by atoms with van der Waals surface area (Å²) < 4.78 is 0. The molecule has 0 aliphatic heterocycles. The molecule has 0 aliphatic rings. The normalized spacial score (nSPS) is 11.7. The van der Waals surface area contributed by atoms with Gasteiger partial charge in [-0.25, -0.2) is 4.98 Å². The van der Waals surface area contributed by atoms with E-state index in [9.17, 15) is 9.59 Å². The van der Waals surface area contributed by atoms with Crippen LogP contribution in [-0.2, 0) is 4.79 Å². The Morgan fingerprint density at radius 2 is 1.86 bits per heavy atom. The second-order valence-electron chi connectivity index (χ2n) is 4.55. The second-order valence-corrected chi connectivity index (χ2v) is 5.91. The number of hydrogen-bond acceptors (Lipinski definition) is 4. The number of amides is 1. The Kier molecular flexibility index (Phi) is 5.11. The molecule has 21 heavy (non-hydrogen) atoms. The lowest BCUT2D eigenvalue weighted by Crippen LogP contribution is -2.22. The number of benzene rings is 1. The van der Waals surface area contributed by atoms with Gasteiger partial charge in [0, 0.05) is 17.4 Å². The van der Waals surface area contributed by atoms with Crippen LogP contribution in [0, 0.1) is 0 Å². The first kappa shape index (κ1) is 15.3. The number of aromatic nitrogens is 1. The molecule has 0 radical (unpaired) electrons. The summed E-state index contributed by atoms with van der Waals surface area (Å²) in [5.41, 5.74) is 1.31. The van der Waals surface area contributed by atoms with Crippen molar-refractivity contribution in [2.75, 3.05) is 5.32 Å². The molecule has 2 rings (SSSR count). The molecule has 0 spiro atoms. The first-order valence-electron chi connectivity index (χ1n) is 6.56. The summed E-state index contributed by atoms with van der Waals surface area (Å²) >= 11 is 1.40. The molecule has 0 unspecified atom stereocenters. The molecule has 0 aliphatic carbocycles. The first-order valence-corrected chi connectivity index (χ1v) is 7.44. The Morgan fingerprint density at radius 3 is 2.43 bits per heavy atom. The van der Waals surface area contributed by atoms with Crippen molar-refractivity contribution in [3.05, 3.63) is 54.2 Å². The van der Waals surface area contributed by atoms with Crippen molar-refractivity contribution in [2.45, 2.75) is 24.1 Å². The molecule has 1 amide bonds. The monoisotopic (exact) mass is 300 g/mol. The van der Waals surface area contributed by atoms with Crippen LogP contribution in [0.2, 0.25) is 0 Å². The summed E-state index contributed by atoms with van der Waals surface area (Å²) in [6.45, 7) is 3.35. The lowest BCUT2D eigenvalue weighted by Gasteiger charge is -2.11. The third-order valence-electron chi connectivity index (χ3n) is 2.86. The maximum absolute atomic E-state index is 12.1. The van der Waals surface area contributed by atoms with Crippen molar-refractivity contribution in [1.82, 2.24) is 4.98 Å². The lowest BCUT2D eigenvalue weighted by atomic mass is 10.1. The quantitative estimate of drug-likeness (QED) is 0.679. The van der Waals surface area contributed by atoms with Crippen LogP contribution >= 0.6 is 11.8 Å². The van der Waals surface area contributed by atoms with Crippen LogP contribution in [0.5, 0.6) is 0 Å². The van der Waals surface area contributed by atoms with Crippen LogP contribution in [0.25, 0.3) is 0 Å². The zero-order valence-corrected chi connectivity index (χ0v) is 12.7. The third-order valence-corrected chi connectivity index (χ3v) is 3.91. The molecule has 1 N–H and O–H groups in total. The standard InChI is InChI=1S/C16H16N2O2S/c1-11(19)13-6-8-14(9-7-13)18-16(20)12(2)21-15-5-3-4-10-17-15/h3-10,12H,1-2H3,(H,18,20)/t12-/m1/s1. The predicted molar refractivity (Wildman–Crippen MR) is 84.6 cm³/mol. The van der Waals surface area contributed by atoms with Crippen molar-refractivity contribution in [2.24, 2.45) is 0 Å². The van der Waals surface area contributed by atoms with E-state index < -0.39 is 0 Å². The molecule has 108 valence electrons. The minimum Gasteiger partial charge on any atom is -0.325 e. The van der Waals surface area contributed by atoms with Gasteiger partial charge in [0.2, 0.25) is 5.91 Å². The number of carbonyl (C=O) groups is 2. The number of thioether (sulfide) groups is 1. The maximum Gasteiger partial charge on any atom is 0.237 e. The molecular formula is C16H16N2O2S. The molecule has 1 aromatic carbocycles. The molecule has 0 fully saturated rings. The largest absolute Gasteiger partial charge is 0.325 e. The number of hydrogen-bond donors (Lipinski definition) is 1. The topological polar surface area (TPSA) is 59.1 Å². The highest BCUT2D eigenvalue weighted by Crippen LogP contribution is 2.21. The van der Waals surface area contributed by atoms with E-state index >= 15 is 0 Å². The molecule has 1 atom stereocenters. The van der Waals surface area contributed by atoms with E-state index in [4.69, 9.17) is 0 Å². The van der Waals surface area contributed by atoms with Crippen LogP contribution in [0.4, 0.5) is 5.69 Å². The Labute approximate surface area is 128 Å². The van der Waals surface area contributed by atoms with Crippen LogP contribution < -0.4 is 5.32 Å². The third kappa shape index (κ3) is 4.43. The average molecular weight is 300 g/mol. The van der Waals surface area contributed by atoms with Crippen LogP contribution in [0.15, 0.2) is 53.7 Å². The van der Waals surface area contributed by atoms with E-state index in [-0.39, 0.29) is 16.9 Å². The Bertz CT molecular complexity index is 626. The zero-order chi connectivity index (χ0) is 15.2. The summed E-state index contributed by atoms with van der Waals surface area (Å²) in [6, 6.07) is 12.5. The molecule has 2 aromatic rings. The van der Waals surface area contributed by atoms with Gasteiger partial charge >= 0.3 is 0 Å². The fourth-order valence-electron chi connectivity index (χ4n) is 1.68. The number of nitrogens with one attached hydrogen (secondary N) is 1. The van der Waals surface area contributed by atoms with Crippen molar-refractivity contribution < 1.29 is 9.59 Å². The number of nitrogens with zero attached hydrogens (tertiary/aromatic N) is 1. The molecule has 1 aromatic heterocycles. The maximum atomic E-state index is 12.1. The van der Waals surface area contributed by atoms with E-state index in [2.05, 4.69) is 10.3 Å². The van der Waals surface area contributed by atoms with Crippen molar-refractivity contribution in [3.8, 4) is 0 Å². The summed E-state index contributed by atoms with van der Waals surface area (Å²) in [5, 5.41) is 3.38. The van der Waals surface area contributed by atoms with Gasteiger partial charge in [-0.3, -0.25) is 9.59 Å². The molecule has 0 saturated heterocycles. The lowest BCUT2D eigenvalue weighted by molar-refractivity contribution is -0.115. The van der Waals surface area contributed by atoms with E-state index in [1.165, 1.54) is 18.7 Å². The predicted octanol–water partition coefficient (Wildman–Crippen LogP) is 3.40. The van der Waals surface area contributed by atoms with Crippen LogP contribution in [0.1, 0.15) is 24.2 Å². The summed E-state index contributed by atoms with van der Waals surface area (Å²) in [4.78, 5) is 27.5. The summed E-state index contributed by atoms with van der Waals surface area (Å²) in [7, 11) is 0. The zero-order valence-electron chi connectivity index (χ0n) is 11.9. The highest BCUT2D eigenvalue weighted by atomic mass is 32.2. The van der Waals surface area contributed by atoms with Crippen molar-refractivity contribution >= 4 is 29.1 Å². The molecular weight excluding hydrogens is 284 g/mol. The molecule has 0 saturated carbocycles. The number of rotatable bonds is 5. The average Bonchev–Trinajstić information content (AvgIpc) is 2.48. The van der Waals surface area contributed by atoms with Gasteiger partial charge in [0.15, 0.2) is 5.78 Å². The Morgan fingerprint density at radius 1 is 1.14 bits per heavy atom. The fourth-order valence-corrected chi connectivity index (χ4v) is 2.49. The minimum absolute atomic E-state index is 0.00644. The van der Waals surface area contributed by atoms with Crippen molar-refractivity contribution in [1.29, 1.82) is 0 Å². The van der Waals surface area contributed by atoms with Gasteiger partial charge < -0.3 is 5.32 Å².